The Morgan fingerprint density at radius 2 is 2.05 bits per heavy atom. The number of rotatable bonds is 3. The highest BCUT2D eigenvalue weighted by Gasteiger charge is 2.18. The molecule has 0 spiro atoms. The summed E-state index contributed by atoms with van der Waals surface area (Å²) in [4.78, 5) is 4.54. The van der Waals surface area contributed by atoms with E-state index in [4.69, 9.17) is 0 Å². The SMILES string of the molecule is CC1CCCC(CNc2ccc(C(C)(C)C)cn2)C1. The zero-order valence-corrected chi connectivity index (χ0v) is 12.9. The van der Waals surface area contributed by atoms with E-state index in [-0.39, 0.29) is 5.41 Å². The summed E-state index contributed by atoms with van der Waals surface area (Å²) in [6.07, 6.45) is 7.55. The summed E-state index contributed by atoms with van der Waals surface area (Å²) in [5.41, 5.74) is 1.48. The number of aromatic nitrogens is 1. The van der Waals surface area contributed by atoms with Gasteiger partial charge in [-0.05, 0) is 41.7 Å². The van der Waals surface area contributed by atoms with Gasteiger partial charge in [0.05, 0.1) is 0 Å². The van der Waals surface area contributed by atoms with Crippen molar-refractivity contribution in [2.45, 2.75) is 58.8 Å². The molecular formula is C17H28N2. The van der Waals surface area contributed by atoms with Crippen molar-refractivity contribution < 1.29 is 0 Å². The van der Waals surface area contributed by atoms with Crippen LogP contribution in [0.3, 0.4) is 0 Å². The fraction of sp³-hybridized carbons (Fsp3) is 0.706. The van der Waals surface area contributed by atoms with Crippen LogP contribution in [0.5, 0.6) is 0 Å². The topological polar surface area (TPSA) is 24.9 Å². The number of nitrogens with zero attached hydrogens (tertiary/aromatic N) is 1. The second kappa shape index (κ2) is 5.94. The molecule has 2 rings (SSSR count). The van der Waals surface area contributed by atoms with Crippen molar-refractivity contribution in [1.29, 1.82) is 0 Å². The monoisotopic (exact) mass is 260 g/mol. The van der Waals surface area contributed by atoms with E-state index in [2.05, 4.69) is 50.1 Å². The average Bonchev–Trinajstić information content (AvgIpc) is 2.36. The maximum atomic E-state index is 4.54. The highest BCUT2D eigenvalue weighted by Crippen LogP contribution is 2.28. The van der Waals surface area contributed by atoms with Crippen LogP contribution in [0.15, 0.2) is 18.3 Å². The quantitative estimate of drug-likeness (QED) is 0.858. The molecule has 1 N–H and O–H groups in total. The predicted molar refractivity (Wildman–Crippen MR) is 82.5 cm³/mol. The Bertz CT molecular complexity index is 389. The van der Waals surface area contributed by atoms with Crippen molar-refractivity contribution in [3.63, 3.8) is 0 Å². The molecule has 19 heavy (non-hydrogen) atoms. The average molecular weight is 260 g/mol. The van der Waals surface area contributed by atoms with Gasteiger partial charge in [0.15, 0.2) is 0 Å². The molecule has 2 unspecified atom stereocenters. The summed E-state index contributed by atoms with van der Waals surface area (Å²) in [7, 11) is 0. The lowest BCUT2D eigenvalue weighted by atomic mass is 9.82. The minimum atomic E-state index is 0.185. The Labute approximate surface area is 118 Å². The van der Waals surface area contributed by atoms with Crippen LogP contribution in [-0.4, -0.2) is 11.5 Å². The van der Waals surface area contributed by atoms with E-state index >= 15 is 0 Å². The summed E-state index contributed by atoms with van der Waals surface area (Å²) in [6.45, 7) is 10.1. The summed E-state index contributed by atoms with van der Waals surface area (Å²) < 4.78 is 0. The van der Waals surface area contributed by atoms with Crippen molar-refractivity contribution in [2.24, 2.45) is 11.8 Å². The molecule has 1 heterocycles. The zero-order valence-electron chi connectivity index (χ0n) is 12.9. The van der Waals surface area contributed by atoms with Gasteiger partial charge in [-0.1, -0.05) is 46.6 Å². The maximum Gasteiger partial charge on any atom is 0.125 e. The van der Waals surface area contributed by atoms with Gasteiger partial charge in [-0.25, -0.2) is 4.98 Å². The number of pyridine rings is 1. The number of anilines is 1. The molecule has 0 radical (unpaired) electrons. The van der Waals surface area contributed by atoms with Crippen LogP contribution >= 0.6 is 0 Å². The summed E-state index contributed by atoms with van der Waals surface area (Å²) in [5.74, 6) is 2.75. The third-order valence-corrected chi connectivity index (χ3v) is 4.25. The normalized spacial score (nSPS) is 24.2. The molecule has 0 aliphatic heterocycles. The summed E-state index contributed by atoms with van der Waals surface area (Å²) in [5, 5.41) is 3.50. The molecule has 1 aliphatic rings. The third-order valence-electron chi connectivity index (χ3n) is 4.25. The lowest BCUT2D eigenvalue weighted by Crippen LogP contribution is -2.21. The van der Waals surface area contributed by atoms with Crippen LogP contribution in [-0.2, 0) is 5.41 Å². The van der Waals surface area contributed by atoms with Crippen LogP contribution < -0.4 is 5.32 Å². The number of nitrogens with one attached hydrogen (secondary N) is 1. The van der Waals surface area contributed by atoms with E-state index in [1.165, 1.54) is 31.2 Å². The highest BCUT2D eigenvalue weighted by atomic mass is 15.0. The van der Waals surface area contributed by atoms with E-state index in [0.29, 0.717) is 0 Å². The van der Waals surface area contributed by atoms with Crippen LogP contribution in [0.25, 0.3) is 0 Å². The lowest BCUT2D eigenvalue weighted by Gasteiger charge is -2.27. The van der Waals surface area contributed by atoms with E-state index in [1.54, 1.807) is 0 Å². The Balaban J connectivity index is 1.86. The molecular weight excluding hydrogens is 232 g/mol. The largest absolute Gasteiger partial charge is 0.370 e. The van der Waals surface area contributed by atoms with Crippen molar-refractivity contribution in [2.75, 3.05) is 11.9 Å². The van der Waals surface area contributed by atoms with E-state index in [1.807, 2.05) is 6.20 Å². The zero-order chi connectivity index (χ0) is 13.9. The first kappa shape index (κ1) is 14.4. The second-order valence-electron chi connectivity index (χ2n) is 7.20. The molecule has 0 bridgehead atoms. The Kier molecular flexibility index (Phi) is 4.49. The minimum Gasteiger partial charge on any atom is -0.370 e. The van der Waals surface area contributed by atoms with Gasteiger partial charge in [-0.2, -0.15) is 0 Å². The van der Waals surface area contributed by atoms with Crippen molar-refractivity contribution in [3.8, 4) is 0 Å². The number of hydrogen-bond acceptors (Lipinski definition) is 2. The minimum absolute atomic E-state index is 0.185. The smallest absolute Gasteiger partial charge is 0.125 e. The van der Waals surface area contributed by atoms with Gasteiger partial charge in [-0.15, -0.1) is 0 Å². The molecule has 0 amide bonds. The van der Waals surface area contributed by atoms with E-state index in [9.17, 15) is 0 Å². The molecule has 1 aromatic heterocycles. The third kappa shape index (κ3) is 4.22. The fourth-order valence-electron chi connectivity index (χ4n) is 2.94. The van der Waals surface area contributed by atoms with Crippen molar-refractivity contribution in [1.82, 2.24) is 4.98 Å². The van der Waals surface area contributed by atoms with E-state index in [0.717, 1.165) is 24.2 Å². The molecule has 2 atom stereocenters. The molecule has 1 saturated carbocycles. The molecule has 0 saturated heterocycles. The number of hydrogen-bond donors (Lipinski definition) is 1. The van der Waals surface area contributed by atoms with Crippen LogP contribution in [0.2, 0.25) is 0 Å². The van der Waals surface area contributed by atoms with Gasteiger partial charge in [0, 0.05) is 12.7 Å². The first-order chi connectivity index (χ1) is 8.95. The summed E-state index contributed by atoms with van der Waals surface area (Å²) in [6, 6.07) is 4.31. The second-order valence-corrected chi connectivity index (χ2v) is 7.20. The van der Waals surface area contributed by atoms with E-state index < -0.39 is 0 Å². The fourth-order valence-corrected chi connectivity index (χ4v) is 2.94. The van der Waals surface area contributed by atoms with Gasteiger partial charge in [0.25, 0.3) is 0 Å². The van der Waals surface area contributed by atoms with Gasteiger partial charge in [0.2, 0.25) is 0 Å². The summed E-state index contributed by atoms with van der Waals surface area (Å²) >= 11 is 0. The van der Waals surface area contributed by atoms with Gasteiger partial charge in [0.1, 0.15) is 5.82 Å². The molecule has 2 heteroatoms. The highest BCUT2D eigenvalue weighted by molar-refractivity contribution is 5.37. The molecule has 1 aliphatic carbocycles. The molecule has 0 aromatic carbocycles. The molecule has 2 nitrogen and oxygen atoms in total. The Hall–Kier alpha value is -1.05. The van der Waals surface area contributed by atoms with Gasteiger partial charge >= 0.3 is 0 Å². The predicted octanol–water partition coefficient (Wildman–Crippen LogP) is 4.62. The standard InChI is InChI=1S/C17H28N2/c1-13-6-5-7-14(10-13)11-18-16-9-8-15(12-19-16)17(2,3)4/h8-9,12-14H,5-7,10-11H2,1-4H3,(H,18,19). The van der Waals surface area contributed by atoms with Gasteiger partial charge in [-0.3, -0.25) is 0 Å². The molecule has 106 valence electrons. The van der Waals surface area contributed by atoms with Crippen LogP contribution in [0.4, 0.5) is 5.82 Å². The molecule has 1 fully saturated rings. The first-order valence-electron chi connectivity index (χ1n) is 7.65. The Morgan fingerprint density at radius 1 is 1.26 bits per heavy atom. The van der Waals surface area contributed by atoms with Crippen LogP contribution in [0, 0.1) is 11.8 Å². The van der Waals surface area contributed by atoms with Crippen molar-refractivity contribution in [3.05, 3.63) is 23.9 Å². The van der Waals surface area contributed by atoms with Gasteiger partial charge < -0.3 is 5.32 Å². The maximum absolute atomic E-state index is 4.54. The Morgan fingerprint density at radius 3 is 2.63 bits per heavy atom. The van der Waals surface area contributed by atoms with Crippen LogP contribution in [0.1, 0.15) is 58.9 Å². The first-order valence-corrected chi connectivity index (χ1v) is 7.65. The lowest BCUT2D eigenvalue weighted by molar-refractivity contribution is 0.293. The molecule has 1 aromatic rings. The van der Waals surface area contributed by atoms with Crippen molar-refractivity contribution >= 4 is 5.82 Å².